The highest BCUT2D eigenvalue weighted by Crippen LogP contribution is 2.35. The minimum Gasteiger partial charge on any atom is -0.467 e. The number of aromatic nitrogens is 3. The first-order valence-corrected chi connectivity index (χ1v) is 14.4. The van der Waals surface area contributed by atoms with Crippen molar-refractivity contribution >= 4 is 34.3 Å². The van der Waals surface area contributed by atoms with Gasteiger partial charge < -0.3 is 19.4 Å². The number of aryl methyl sites for hydroxylation is 2. The molecule has 1 aliphatic carbocycles. The van der Waals surface area contributed by atoms with Crippen molar-refractivity contribution in [1.29, 1.82) is 0 Å². The second-order valence-corrected chi connectivity index (χ2v) is 11.3. The van der Waals surface area contributed by atoms with Crippen LogP contribution in [0.25, 0.3) is 0 Å². The molecule has 3 heterocycles. The Morgan fingerprint density at radius 2 is 1.95 bits per heavy atom. The number of carbonyl (C=O) groups is 3. The van der Waals surface area contributed by atoms with Gasteiger partial charge in [0.05, 0.1) is 19.7 Å². The highest BCUT2D eigenvalue weighted by Gasteiger charge is 2.39. The molecule has 2 aromatic heterocycles. The highest BCUT2D eigenvalue weighted by atomic mass is 32.1. The lowest BCUT2D eigenvalue weighted by Gasteiger charge is -2.39. The largest absolute Gasteiger partial charge is 0.467 e. The van der Waals surface area contributed by atoms with E-state index in [1.807, 2.05) is 17.0 Å². The van der Waals surface area contributed by atoms with Crippen molar-refractivity contribution < 1.29 is 32.3 Å². The number of alkyl halides is 3. The van der Waals surface area contributed by atoms with Crippen LogP contribution in [0.15, 0.2) is 35.7 Å². The van der Waals surface area contributed by atoms with Gasteiger partial charge in [-0.05, 0) is 43.4 Å². The Hall–Kier alpha value is -3.94. The number of hydrogen-bond acceptors (Lipinski definition) is 8. The number of fused-ring (bicyclic) bond motifs is 1. The van der Waals surface area contributed by atoms with Crippen LogP contribution in [0, 0.1) is 6.92 Å². The Morgan fingerprint density at radius 3 is 2.67 bits per heavy atom. The van der Waals surface area contributed by atoms with Crippen LogP contribution in [0.3, 0.4) is 0 Å². The molecule has 0 spiro atoms. The van der Waals surface area contributed by atoms with Crippen molar-refractivity contribution in [3.05, 3.63) is 63.9 Å². The first-order valence-electron chi connectivity index (χ1n) is 13.5. The lowest BCUT2D eigenvalue weighted by Crippen LogP contribution is -2.59. The summed E-state index contributed by atoms with van der Waals surface area (Å²) in [4.78, 5) is 48.7. The third-order valence-corrected chi connectivity index (χ3v) is 8.74. The van der Waals surface area contributed by atoms with E-state index in [1.165, 1.54) is 35.8 Å². The van der Waals surface area contributed by atoms with E-state index in [4.69, 9.17) is 4.74 Å². The van der Waals surface area contributed by atoms with Crippen molar-refractivity contribution in [3.8, 4) is 0 Å². The maximum atomic E-state index is 13.4. The van der Waals surface area contributed by atoms with Gasteiger partial charge in [0.25, 0.3) is 5.91 Å². The quantitative estimate of drug-likeness (QED) is 0.396. The maximum absolute atomic E-state index is 13.4. The first-order chi connectivity index (χ1) is 20.0. The van der Waals surface area contributed by atoms with E-state index in [0.29, 0.717) is 17.4 Å². The van der Waals surface area contributed by atoms with E-state index in [0.717, 1.165) is 35.6 Å². The maximum Gasteiger partial charge on any atom is 0.435 e. The number of thiazole rings is 1. The summed E-state index contributed by atoms with van der Waals surface area (Å²) in [5.74, 6) is -1.43. The second kappa shape index (κ2) is 11.7. The Balaban J connectivity index is 1.28. The number of benzene rings is 1. The van der Waals surface area contributed by atoms with Crippen LogP contribution < -0.4 is 4.90 Å². The van der Waals surface area contributed by atoms with Crippen LogP contribution in [0.2, 0.25) is 0 Å². The Bertz CT molecular complexity index is 1490. The molecule has 1 fully saturated rings. The minimum atomic E-state index is -4.64. The standard InChI is InChI=1S/C28H31F3N6O4S/c1-17-13-23(28(29,30)31)33-37(17)15-24(38)36-12-11-35(14-22(36)26(40)41-3)27-32-20(16-42-27)25(39)34(2)21-10-6-8-18-7-4-5-9-19(18)21/h4-5,7,9,13,16,21-22H,6,8,10-12,14-15H2,1-3H3. The van der Waals surface area contributed by atoms with Crippen LogP contribution in [-0.4, -0.2) is 82.2 Å². The second-order valence-electron chi connectivity index (χ2n) is 10.4. The third-order valence-electron chi connectivity index (χ3n) is 7.84. The fourth-order valence-electron chi connectivity index (χ4n) is 5.58. The average molecular weight is 605 g/mol. The SMILES string of the molecule is COC(=O)C1CN(c2nc(C(=O)N(C)C3CCCc4ccccc43)cs2)CCN1C(=O)Cn1nc(C(F)(F)F)cc1C. The molecule has 0 N–H and O–H groups in total. The van der Waals surface area contributed by atoms with Crippen molar-refractivity contribution in [2.75, 3.05) is 38.7 Å². The zero-order valence-electron chi connectivity index (χ0n) is 23.4. The van der Waals surface area contributed by atoms with Crippen molar-refractivity contribution in [3.63, 3.8) is 0 Å². The van der Waals surface area contributed by atoms with Crippen molar-refractivity contribution in [1.82, 2.24) is 24.6 Å². The molecule has 42 heavy (non-hydrogen) atoms. The molecule has 0 radical (unpaired) electrons. The molecule has 0 saturated carbocycles. The molecule has 3 aromatic rings. The molecule has 14 heteroatoms. The summed E-state index contributed by atoms with van der Waals surface area (Å²) in [5.41, 5.74) is 1.78. The summed E-state index contributed by atoms with van der Waals surface area (Å²) in [6.45, 7) is 1.43. The van der Waals surface area contributed by atoms with E-state index in [9.17, 15) is 27.6 Å². The number of rotatable bonds is 6. The average Bonchev–Trinajstić information content (AvgIpc) is 3.62. The molecule has 1 saturated heterocycles. The number of carbonyl (C=O) groups excluding carboxylic acids is 3. The van der Waals surface area contributed by atoms with Crippen molar-refractivity contribution in [2.24, 2.45) is 0 Å². The number of methoxy groups -OCH3 is 1. The van der Waals surface area contributed by atoms with Gasteiger partial charge in [-0.15, -0.1) is 11.3 Å². The van der Waals surface area contributed by atoms with Gasteiger partial charge in [0.15, 0.2) is 10.8 Å². The number of halogens is 3. The molecule has 0 bridgehead atoms. The fourth-order valence-corrected chi connectivity index (χ4v) is 6.42. The van der Waals surface area contributed by atoms with E-state index >= 15 is 0 Å². The predicted molar refractivity (Wildman–Crippen MR) is 148 cm³/mol. The van der Waals surface area contributed by atoms with E-state index in [-0.39, 0.29) is 30.7 Å². The molecule has 1 aliphatic heterocycles. The molecule has 2 aliphatic rings. The fraction of sp³-hybridized carbons (Fsp3) is 0.464. The zero-order valence-corrected chi connectivity index (χ0v) is 24.2. The number of ether oxygens (including phenoxy) is 1. The number of anilines is 1. The first kappa shape index (κ1) is 29.5. The summed E-state index contributed by atoms with van der Waals surface area (Å²) in [6, 6.07) is 7.95. The van der Waals surface area contributed by atoms with Crippen LogP contribution in [0.5, 0.6) is 0 Å². The van der Waals surface area contributed by atoms with Gasteiger partial charge in [0.2, 0.25) is 5.91 Å². The summed E-state index contributed by atoms with van der Waals surface area (Å²) < 4.78 is 45.1. The number of piperazine rings is 1. The molecule has 2 atom stereocenters. The molecule has 10 nitrogen and oxygen atoms in total. The van der Waals surface area contributed by atoms with Crippen LogP contribution in [0.4, 0.5) is 18.3 Å². The lowest BCUT2D eigenvalue weighted by atomic mass is 9.87. The van der Waals surface area contributed by atoms with Gasteiger partial charge in [0, 0.05) is 31.2 Å². The number of hydrogen-bond donors (Lipinski definition) is 0. The van der Waals surface area contributed by atoms with Gasteiger partial charge >= 0.3 is 12.1 Å². The smallest absolute Gasteiger partial charge is 0.435 e. The Labute approximate surface area is 244 Å². The van der Waals surface area contributed by atoms with E-state index in [2.05, 4.69) is 22.2 Å². The Kier molecular flexibility index (Phi) is 8.26. The lowest BCUT2D eigenvalue weighted by molar-refractivity contribution is -0.153. The topological polar surface area (TPSA) is 101 Å². The zero-order chi connectivity index (χ0) is 30.2. The summed E-state index contributed by atoms with van der Waals surface area (Å²) in [6.07, 6.45) is -1.80. The highest BCUT2D eigenvalue weighted by molar-refractivity contribution is 7.13. The van der Waals surface area contributed by atoms with Gasteiger partial charge in [-0.2, -0.15) is 18.3 Å². The summed E-state index contributed by atoms with van der Waals surface area (Å²) in [5, 5.41) is 5.73. The van der Waals surface area contributed by atoms with Gasteiger partial charge in [-0.1, -0.05) is 24.3 Å². The predicted octanol–water partition coefficient (Wildman–Crippen LogP) is 3.71. The van der Waals surface area contributed by atoms with Gasteiger partial charge in [-0.3, -0.25) is 14.3 Å². The van der Waals surface area contributed by atoms with Gasteiger partial charge in [-0.25, -0.2) is 9.78 Å². The number of amides is 2. The monoisotopic (exact) mass is 604 g/mol. The number of esters is 1. The molecule has 224 valence electrons. The molecule has 5 rings (SSSR count). The molecular formula is C28H31F3N6O4S. The number of nitrogens with zero attached hydrogens (tertiary/aromatic N) is 6. The van der Waals surface area contributed by atoms with Crippen LogP contribution >= 0.6 is 11.3 Å². The molecule has 1 aromatic carbocycles. The Morgan fingerprint density at radius 1 is 1.19 bits per heavy atom. The molecule has 2 unspecified atom stereocenters. The molecule has 2 amide bonds. The van der Waals surface area contributed by atoms with Gasteiger partial charge in [0.1, 0.15) is 18.3 Å². The third kappa shape index (κ3) is 5.85. The minimum absolute atomic E-state index is 0.0449. The normalized spacial score (nSPS) is 18.9. The van der Waals surface area contributed by atoms with Crippen LogP contribution in [-0.2, 0) is 33.5 Å². The van der Waals surface area contributed by atoms with Crippen molar-refractivity contribution in [2.45, 2.75) is 51.0 Å². The summed E-state index contributed by atoms with van der Waals surface area (Å²) >= 11 is 1.27. The van der Waals surface area contributed by atoms with E-state index in [1.54, 1.807) is 17.3 Å². The molecular weight excluding hydrogens is 573 g/mol. The van der Waals surface area contributed by atoms with E-state index < -0.39 is 36.3 Å². The van der Waals surface area contributed by atoms with Crippen LogP contribution in [0.1, 0.15) is 51.9 Å². The summed E-state index contributed by atoms with van der Waals surface area (Å²) in [7, 11) is 2.99.